The molecule has 1 aromatic heterocycles. The number of nitrogens with two attached hydrogens (primary N) is 1. The van der Waals surface area contributed by atoms with Gasteiger partial charge in [0.25, 0.3) is 5.56 Å². The van der Waals surface area contributed by atoms with Crippen molar-refractivity contribution < 1.29 is 9.84 Å². The highest BCUT2D eigenvalue weighted by Crippen LogP contribution is 2.26. The van der Waals surface area contributed by atoms with Gasteiger partial charge in [-0.25, -0.2) is 4.79 Å². The van der Waals surface area contributed by atoms with Crippen LogP contribution in [0.2, 0.25) is 0 Å². The zero-order valence-corrected chi connectivity index (χ0v) is 9.42. The van der Waals surface area contributed by atoms with E-state index >= 15 is 0 Å². The number of aromatic amines is 1. The van der Waals surface area contributed by atoms with Crippen LogP contribution in [-0.4, -0.2) is 33.4 Å². The van der Waals surface area contributed by atoms with Crippen LogP contribution in [0.3, 0.4) is 0 Å². The third kappa shape index (κ3) is 2.17. The van der Waals surface area contributed by atoms with Gasteiger partial charge in [0, 0.05) is 24.7 Å². The van der Waals surface area contributed by atoms with E-state index in [-0.39, 0.29) is 13.0 Å². The number of aliphatic hydroxyl groups excluding tert-OH is 1. The summed E-state index contributed by atoms with van der Waals surface area (Å²) in [7, 11) is 0. The average molecular weight is 241 g/mol. The van der Waals surface area contributed by atoms with E-state index in [0.717, 1.165) is 0 Å². The van der Waals surface area contributed by atoms with E-state index in [2.05, 4.69) is 4.98 Å². The van der Waals surface area contributed by atoms with Gasteiger partial charge in [0.2, 0.25) is 0 Å². The molecule has 0 amide bonds. The van der Waals surface area contributed by atoms with Crippen LogP contribution in [0.5, 0.6) is 0 Å². The standard InChI is InChI=1S/C10H15N3O4/c1-5-4-13(10(16)12-9(5)15)8-2-6(14)7(3-11)17-8/h4,6-8,14H,2-3,11H2,1H3,(H,12,15,16)/t6?,7-,8-/m0/s1. The summed E-state index contributed by atoms with van der Waals surface area (Å²) in [4.78, 5) is 25.0. The zero-order valence-electron chi connectivity index (χ0n) is 9.42. The Bertz CT molecular complexity index is 521. The molecule has 1 fully saturated rings. The van der Waals surface area contributed by atoms with Gasteiger partial charge in [0.05, 0.1) is 12.2 Å². The Labute approximate surface area is 96.8 Å². The first-order chi connectivity index (χ1) is 8.02. The van der Waals surface area contributed by atoms with Crippen LogP contribution in [0.1, 0.15) is 18.2 Å². The summed E-state index contributed by atoms with van der Waals surface area (Å²) >= 11 is 0. The molecule has 7 nitrogen and oxygen atoms in total. The smallest absolute Gasteiger partial charge is 0.330 e. The maximum absolute atomic E-state index is 11.6. The maximum atomic E-state index is 11.6. The lowest BCUT2D eigenvalue weighted by atomic mass is 10.2. The third-order valence-corrected chi connectivity index (χ3v) is 2.89. The number of H-pyrrole nitrogens is 1. The number of aromatic nitrogens is 2. The predicted molar refractivity (Wildman–Crippen MR) is 59.6 cm³/mol. The molecule has 1 saturated heterocycles. The molecule has 0 radical (unpaired) electrons. The Hall–Kier alpha value is -1.44. The topological polar surface area (TPSA) is 110 Å². The van der Waals surface area contributed by atoms with Crippen molar-refractivity contribution in [3.8, 4) is 0 Å². The second-order valence-corrected chi connectivity index (χ2v) is 4.15. The molecule has 0 spiro atoms. The zero-order chi connectivity index (χ0) is 12.6. The Morgan fingerprint density at radius 2 is 2.35 bits per heavy atom. The largest absolute Gasteiger partial charge is 0.390 e. The van der Waals surface area contributed by atoms with E-state index in [1.165, 1.54) is 10.8 Å². The lowest BCUT2D eigenvalue weighted by Gasteiger charge is -2.14. The van der Waals surface area contributed by atoms with Gasteiger partial charge in [-0.15, -0.1) is 0 Å². The number of aryl methyl sites for hydroxylation is 1. The summed E-state index contributed by atoms with van der Waals surface area (Å²) in [6.07, 6.45) is -0.0325. The van der Waals surface area contributed by atoms with Crippen molar-refractivity contribution in [1.82, 2.24) is 9.55 Å². The van der Waals surface area contributed by atoms with Crippen molar-refractivity contribution >= 4 is 0 Å². The molecule has 1 unspecified atom stereocenters. The van der Waals surface area contributed by atoms with Crippen LogP contribution in [-0.2, 0) is 4.74 Å². The number of ether oxygens (including phenoxy) is 1. The van der Waals surface area contributed by atoms with Crippen LogP contribution < -0.4 is 17.0 Å². The second-order valence-electron chi connectivity index (χ2n) is 4.15. The summed E-state index contributed by atoms with van der Waals surface area (Å²) in [6, 6.07) is 0. The van der Waals surface area contributed by atoms with E-state index in [1.807, 2.05) is 0 Å². The fourth-order valence-corrected chi connectivity index (χ4v) is 1.90. The van der Waals surface area contributed by atoms with Crippen molar-refractivity contribution in [2.24, 2.45) is 5.73 Å². The Morgan fingerprint density at radius 1 is 1.65 bits per heavy atom. The average Bonchev–Trinajstić information content (AvgIpc) is 2.65. The first-order valence-corrected chi connectivity index (χ1v) is 5.38. The highest BCUT2D eigenvalue weighted by molar-refractivity contribution is 5.02. The summed E-state index contributed by atoms with van der Waals surface area (Å²) in [5.74, 6) is 0. The maximum Gasteiger partial charge on any atom is 0.330 e. The Kier molecular flexibility index (Phi) is 3.14. The van der Waals surface area contributed by atoms with E-state index in [4.69, 9.17) is 10.5 Å². The molecule has 0 bridgehead atoms. The molecule has 0 saturated carbocycles. The lowest BCUT2D eigenvalue weighted by Crippen LogP contribution is -2.33. The molecular weight excluding hydrogens is 226 g/mol. The van der Waals surface area contributed by atoms with E-state index < -0.39 is 29.7 Å². The summed E-state index contributed by atoms with van der Waals surface area (Å²) in [5.41, 5.74) is 4.88. The van der Waals surface area contributed by atoms with Crippen molar-refractivity contribution in [2.75, 3.05) is 6.54 Å². The summed E-state index contributed by atoms with van der Waals surface area (Å²) < 4.78 is 6.72. The fourth-order valence-electron chi connectivity index (χ4n) is 1.90. The summed E-state index contributed by atoms with van der Waals surface area (Å²) in [5, 5.41) is 9.64. The summed E-state index contributed by atoms with van der Waals surface area (Å²) in [6.45, 7) is 1.79. The van der Waals surface area contributed by atoms with Gasteiger partial charge in [-0.2, -0.15) is 0 Å². The van der Waals surface area contributed by atoms with Gasteiger partial charge in [0.15, 0.2) is 0 Å². The highest BCUT2D eigenvalue weighted by Gasteiger charge is 2.34. The molecule has 4 N–H and O–H groups in total. The molecule has 2 rings (SSSR count). The minimum absolute atomic E-state index is 0.189. The SMILES string of the molecule is Cc1cn([C@@H]2CC(O)[C@H](CN)O2)c(=O)[nH]c1=O. The minimum Gasteiger partial charge on any atom is -0.390 e. The van der Waals surface area contributed by atoms with E-state index in [9.17, 15) is 14.7 Å². The van der Waals surface area contributed by atoms with Gasteiger partial charge in [-0.3, -0.25) is 14.3 Å². The molecule has 1 aliphatic heterocycles. The van der Waals surface area contributed by atoms with Gasteiger partial charge in [-0.1, -0.05) is 0 Å². The molecule has 7 heteroatoms. The number of rotatable bonds is 2. The van der Waals surface area contributed by atoms with Crippen LogP contribution in [0.15, 0.2) is 15.8 Å². The number of aliphatic hydroxyl groups is 1. The first-order valence-electron chi connectivity index (χ1n) is 5.38. The molecular formula is C10H15N3O4. The predicted octanol–water partition coefficient (Wildman–Crippen LogP) is -1.55. The normalized spacial score (nSPS) is 28.5. The number of nitrogens with one attached hydrogen (secondary N) is 1. The molecule has 94 valence electrons. The fraction of sp³-hybridized carbons (Fsp3) is 0.600. The highest BCUT2D eigenvalue weighted by atomic mass is 16.5. The first kappa shape index (κ1) is 12.0. The molecule has 0 aromatic carbocycles. The second kappa shape index (κ2) is 4.44. The van der Waals surface area contributed by atoms with Crippen LogP contribution >= 0.6 is 0 Å². The molecule has 0 aliphatic carbocycles. The van der Waals surface area contributed by atoms with Crippen molar-refractivity contribution in [2.45, 2.75) is 31.8 Å². The quantitative estimate of drug-likeness (QED) is 0.580. The van der Waals surface area contributed by atoms with E-state index in [1.54, 1.807) is 6.92 Å². The minimum atomic E-state index is -0.691. The Balaban J connectivity index is 2.34. The van der Waals surface area contributed by atoms with Crippen LogP contribution in [0.25, 0.3) is 0 Å². The van der Waals surface area contributed by atoms with Crippen LogP contribution in [0.4, 0.5) is 0 Å². The van der Waals surface area contributed by atoms with Crippen molar-refractivity contribution in [3.63, 3.8) is 0 Å². The Morgan fingerprint density at radius 3 is 2.94 bits per heavy atom. The van der Waals surface area contributed by atoms with Gasteiger partial charge >= 0.3 is 5.69 Å². The van der Waals surface area contributed by atoms with Gasteiger partial charge in [-0.05, 0) is 6.92 Å². The number of nitrogens with zero attached hydrogens (tertiary/aromatic N) is 1. The van der Waals surface area contributed by atoms with Gasteiger partial charge < -0.3 is 15.6 Å². The molecule has 17 heavy (non-hydrogen) atoms. The van der Waals surface area contributed by atoms with Gasteiger partial charge in [0.1, 0.15) is 6.23 Å². The number of hydrogen-bond acceptors (Lipinski definition) is 5. The van der Waals surface area contributed by atoms with E-state index in [0.29, 0.717) is 5.56 Å². The monoisotopic (exact) mass is 241 g/mol. The van der Waals surface area contributed by atoms with Crippen molar-refractivity contribution in [3.05, 3.63) is 32.6 Å². The molecule has 2 heterocycles. The molecule has 1 aliphatic rings. The molecule has 1 aromatic rings. The van der Waals surface area contributed by atoms with Crippen LogP contribution in [0, 0.1) is 6.92 Å². The lowest BCUT2D eigenvalue weighted by molar-refractivity contribution is -0.0152. The number of hydrogen-bond donors (Lipinski definition) is 3. The van der Waals surface area contributed by atoms with Crippen molar-refractivity contribution in [1.29, 1.82) is 0 Å². The molecule has 3 atom stereocenters. The third-order valence-electron chi connectivity index (χ3n) is 2.89.